The van der Waals surface area contributed by atoms with Crippen molar-refractivity contribution in [1.82, 2.24) is 9.78 Å². The van der Waals surface area contributed by atoms with Crippen molar-refractivity contribution in [2.75, 3.05) is 0 Å². The minimum Gasteiger partial charge on any atom is -0.289 e. The van der Waals surface area contributed by atoms with Gasteiger partial charge in [0.2, 0.25) is 0 Å². The molecule has 5 heteroatoms. The predicted octanol–water partition coefficient (Wildman–Crippen LogP) is 3.83. The minimum atomic E-state index is -0.364. The van der Waals surface area contributed by atoms with Gasteiger partial charge in [0.15, 0.2) is 5.78 Å². The van der Waals surface area contributed by atoms with Gasteiger partial charge in [-0.15, -0.1) is 0 Å². The largest absolute Gasteiger partial charge is 0.289 e. The Labute approximate surface area is 125 Å². The Bertz CT molecular complexity index is 704. The SMILES string of the molecule is Cc1nn(C)c(C)c1C(=O)C=Cc1cc(Br)ccc1F. The number of benzene rings is 1. The Morgan fingerprint density at radius 3 is 2.70 bits per heavy atom. The second-order valence-corrected chi connectivity index (χ2v) is 5.45. The fourth-order valence-corrected chi connectivity index (χ4v) is 2.40. The van der Waals surface area contributed by atoms with Crippen LogP contribution in [-0.4, -0.2) is 15.6 Å². The summed E-state index contributed by atoms with van der Waals surface area (Å²) in [6.45, 7) is 3.62. The molecule has 0 spiro atoms. The molecule has 0 amide bonds. The molecule has 0 atom stereocenters. The summed E-state index contributed by atoms with van der Waals surface area (Å²) in [4.78, 5) is 12.2. The number of nitrogens with zero attached hydrogens (tertiary/aromatic N) is 2. The van der Waals surface area contributed by atoms with E-state index in [2.05, 4.69) is 21.0 Å². The molecule has 0 fully saturated rings. The lowest BCUT2D eigenvalue weighted by Gasteiger charge is -1.99. The van der Waals surface area contributed by atoms with Gasteiger partial charge in [-0.2, -0.15) is 5.10 Å². The number of hydrogen-bond acceptors (Lipinski definition) is 2. The molecule has 0 N–H and O–H groups in total. The van der Waals surface area contributed by atoms with Crippen molar-refractivity contribution in [2.45, 2.75) is 13.8 Å². The van der Waals surface area contributed by atoms with Crippen molar-refractivity contribution in [3.8, 4) is 0 Å². The van der Waals surface area contributed by atoms with Gasteiger partial charge < -0.3 is 0 Å². The average Bonchev–Trinajstić information content (AvgIpc) is 2.64. The molecular weight excluding hydrogens is 323 g/mol. The maximum atomic E-state index is 13.6. The molecule has 2 rings (SSSR count). The Kier molecular flexibility index (Phi) is 4.18. The van der Waals surface area contributed by atoms with Gasteiger partial charge in [0.05, 0.1) is 11.3 Å². The van der Waals surface area contributed by atoms with E-state index in [-0.39, 0.29) is 11.6 Å². The monoisotopic (exact) mass is 336 g/mol. The van der Waals surface area contributed by atoms with Gasteiger partial charge in [-0.1, -0.05) is 15.9 Å². The molecule has 104 valence electrons. The van der Waals surface area contributed by atoms with Gasteiger partial charge in [-0.05, 0) is 44.2 Å². The van der Waals surface area contributed by atoms with Gasteiger partial charge in [0, 0.05) is 22.8 Å². The Hall–Kier alpha value is -1.75. The van der Waals surface area contributed by atoms with Crippen molar-refractivity contribution in [3.63, 3.8) is 0 Å². The zero-order chi connectivity index (χ0) is 14.9. The lowest BCUT2D eigenvalue weighted by atomic mass is 10.1. The van der Waals surface area contributed by atoms with Gasteiger partial charge in [0.1, 0.15) is 5.82 Å². The van der Waals surface area contributed by atoms with Crippen LogP contribution in [0, 0.1) is 19.7 Å². The molecule has 0 aliphatic rings. The summed E-state index contributed by atoms with van der Waals surface area (Å²) in [6, 6.07) is 4.60. The van der Waals surface area contributed by atoms with Gasteiger partial charge in [-0.3, -0.25) is 9.48 Å². The van der Waals surface area contributed by atoms with Crippen molar-refractivity contribution in [3.05, 3.63) is 57.1 Å². The smallest absolute Gasteiger partial charge is 0.189 e. The third-order valence-electron chi connectivity index (χ3n) is 3.13. The van der Waals surface area contributed by atoms with Crippen LogP contribution in [0.3, 0.4) is 0 Å². The molecule has 0 saturated carbocycles. The van der Waals surface area contributed by atoms with Crippen molar-refractivity contribution in [2.24, 2.45) is 7.05 Å². The number of hydrogen-bond donors (Lipinski definition) is 0. The molecule has 0 unspecified atom stereocenters. The lowest BCUT2D eigenvalue weighted by molar-refractivity contribution is 0.104. The number of aromatic nitrogens is 2. The number of rotatable bonds is 3. The standard InChI is InChI=1S/C15H14BrFN2O/c1-9-15(10(2)19(3)18-9)14(20)7-4-11-8-12(16)5-6-13(11)17/h4-8H,1-3H3. The van der Waals surface area contributed by atoms with Crippen LogP contribution in [-0.2, 0) is 7.05 Å². The van der Waals surface area contributed by atoms with Crippen LogP contribution in [0.5, 0.6) is 0 Å². The molecule has 1 aromatic carbocycles. The minimum absolute atomic E-state index is 0.174. The maximum Gasteiger partial charge on any atom is 0.189 e. The van der Waals surface area contributed by atoms with E-state index in [1.165, 1.54) is 18.2 Å². The second kappa shape index (κ2) is 5.71. The van der Waals surface area contributed by atoms with Crippen LogP contribution in [0.25, 0.3) is 6.08 Å². The van der Waals surface area contributed by atoms with Crippen LogP contribution >= 0.6 is 15.9 Å². The summed E-state index contributed by atoms with van der Waals surface area (Å²) in [6.07, 6.45) is 2.86. The fourth-order valence-electron chi connectivity index (χ4n) is 2.02. The average molecular weight is 337 g/mol. The molecule has 0 saturated heterocycles. The summed E-state index contributed by atoms with van der Waals surface area (Å²) in [5.41, 5.74) is 2.41. The highest BCUT2D eigenvalue weighted by Crippen LogP contribution is 2.18. The molecular formula is C15H14BrFN2O. The van der Waals surface area contributed by atoms with Crippen molar-refractivity contribution in [1.29, 1.82) is 0 Å². The molecule has 3 nitrogen and oxygen atoms in total. The number of aryl methyl sites for hydroxylation is 2. The number of halogens is 2. The molecule has 20 heavy (non-hydrogen) atoms. The number of carbonyl (C=O) groups excluding carboxylic acids is 1. The zero-order valence-corrected chi connectivity index (χ0v) is 13.0. The van der Waals surface area contributed by atoms with Crippen molar-refractivity contribution >= 4 is 27.8 Å². The first-order valence-corrected chi connectivity index (χ1v) is 6.87. The molecule has 1 aromatic heterocycles. The van der Waals surface area contributed by atoms with Gasteiger partial charge in [0.25, 0.3) is 0 Å². The van der Waals surface area contributed by atoms with E-state index in [9.17, 15) is 9.18 Å². The zero-order valence-electron chi connectivity index (χ0n) is 11.4. The van der Waals surface area contributed by atoms with E-state index in [4.69, 9.17) is 0 Å². The molecule has 0 radical (unpaired) electrons. The first-order chi connectivity index (χ1) is 9.40. The normalized spacial score (nSPS) is 11.2. The second-order valence-electron chi connectivity index (χ2n) is 4.53. The summed E-state index contributed by atoms with van der Waals surface area (Å²) < 4.78 is 16.0. The first kappa shape index (κ1) is 14.7. The van der Waals surface area contributed by atoms with Gasteiger partial charge >= 0.3 is 0 Å². The Balaban J connectivity index is 2.32. The van der Waals surface area contributed by atoms with Crippen LogP contribution in [0.1, 0.15) is 27.3 Å². The Morgan fingerprint density at radius 1 is 1.40 bits per heavy atom. The first-order valence-electron chi connectivity index (χ1n) is 6.08. The van der Waals surface area contributed by atoms with E-state index in [0.717, 1.165) is 10.2 Å². The summed E-state index contributed by atoms with van der Waals surface area (Å²) in [5, 5.41) is 4.20. The van der Waals surface area contributed by atoms with Crippen LogP contribution in [0.15, 0.2) is 28.7 Å². The molecule has 0 bridgehead atoms. The highest BCUT2D eigenvalue weighted by atomic mass is 79.9. The van der Waals surface area contributed by atoms with Crippen molar-refractivity contribution < 1.29 is 9.18 Å². The Morgan fingerprint density at radius 2 is 2.10 bits per heavy atom. The highest BCUT2D eigenvalue weighted by Gasteiger charge is 2.14. The van der Waals surface area contributed by atoms with Crippen LogP contribution in [0.4, 0.5) is 4.39 Å². The summed E-state index contributed by atoms with van der Waals surface area (Å²) in [5.74, 6) is -0.538. The number of allylic oxidation sites excluding steroid dienone is 1. The summed E-state index contributed by atoms with van der Waals surface area (Å²) >= 11 is 3.28. The number of ketones is 1. The molecule has 0 aliphatic carbocycles. The number of carbonyl (C=O) groups is 1. The molecule has 2 aromatic rings. The third kappa shape index (κ3) is 2.88. The van der Waals surface area contributed by atoms with E-state index in [1.807, 2.05) is 6.92 Å². The topological polar surface area (TPSA) is 34.9 Å². The quantitative estimate of drug-likeness (QED) is 0.630. The lowest BCUT2D eigenvalue weighted by Crippen LogP contribution is -1.99. The van der Waals surface area contributed by atoms with Gasteiger partial charge in [-0.25, -0.2) is 4.39 Å². The van der Waals surface area contributed by atoms with Crippen LogP contribution in [0.2, 0.25) is 0 Å². The fraction of sp³-hybridized carbons (Fsp3) is 0.200. The van der Waals surface area contributed by atoms with E-state index >= 15 is 0 Å². The molecule has 0 aliphatic heterocycles. The van der Waals surface area contributed by atoms with E-state index < -0.39 is 0 Å². The van der Waals surface area contributed by atoms with Crippen LogP contribution < -0.4 is 0 Å². The van der Waals surface area contributed by atoms with E-state index in [1.54, 1.807) is 30.8 Å². The maximum absolute atomic E-state index is 13.6. The van der Waals surface area contributed by atoms with E-state index in [0.29, 0.717) is 16.8 Å². The highest BCUT2D eigenvalue weighted by molar-refractivity contribution is 9.10. The predicted molar refractivity (Wildman–Crippen MR) is 80.1 cm³/mol. The molecule has 1 heterocycles. The third-order valence-corrected chi connectivity index (χ3v) is 3.62. The summed E-state index contributed by atoms with van der Waals surface area (Å²) in [7, 11) is 1.79.